The third kappa shape index (κ3) is 5.10. The van der Waals surface area contributed by atoms with E-state index in [0.717, 1.165) is 24.3 Å². The van der Waals surface area contributed by atoms with Gasteiger partial charge in [-0.3, -0.25) is 9.59 Å². The van der Waals surface area contributed by atoms with Crippen molar-refractivity contribution in [2.75, 3.05) is 31.1 Å². The van der Waals surface area contributed by atoms with Crippen molar-refractivity contribution < 1.29 is 9.59 Å². The lowest BCUT2D eigenvalue weighted by Crippen LogP contribution is -2.56. The van der Waals surface area contributed by atoms with E-state index in [2.05, 4.69) is 10.2 Å². The first-order valence-corrected chi connectivity index (χ1v) is 10.4. The van der Waals surface area contributed by atoms with Crippen molar-refractivity contribution in [3.63, 3.8) is 0 Å². The average molecular weight is 414 g/mol. The highest BCUT2D eigenvalue weighted by Gasteiger charge is 2.31. The minimum atomic E-state index is -0.542. The van der Waals surface area contributed by atoms with E-state index in [0.29, 0.717) is 23.7 Å². The van der Waals surface area contributed by atoms with Crippen LogP contribution in [0.25, 0.3) is 0 Å². The molecule has 0 aromatic heterocycles. The molecule has 0 bridgehead atoms. The molecule has 2 amide bonds. The number of aryl methyl sites for hydroxylation is 1. The van der Waals surface area contributed by atoms with E-state index < -0.39 is 6.04 Å². The predicted molar refractivity (Wildman–Crippen MR) is 118 cm³/mol. The fourth-order valence-electron chi connectivity index (χ4n) is 3.61. The third-order valence-corrected chi connectivity index (χ3v) is 5.61. The molecule has 2 aromatic rings. The summed E-state index contributed by atoms with van der Waals surface area (Å²) in [5, 5.41) is 3.67. The maximum atomic E-state index is 13.2. The molecule has 1 atom stereocenters. The smallest absolute Gasteiger partial charge is 0.252 e. The first-order valence-electron chi connectivity index (χ1n) is 10.0. The zero-order valence-electron chi connectivity index (χ0n) is 17.2. The molecule has 154 valence electrons. The Morgan fingerprint density at radius 1 is 1.00 bits per heavy atom. The number of hydrogen-bond donors (Lipinski definition) is 1. The van der Waals surface area contributed by atoms with Crippen LogP contribution in [0.1, 0.15) is 29.8 Å². The molecule has 1 fully saturated rings. The largest absolute Gasteiger partial charge is 0.368 e. The molecular weight excluding hydrogens is 386 g/mol. The van der Waals surface area contributed by atoms with Crippen molar-refractivity contribution in [2.24, 2.45) is 5.92 Å². The Balaban J connectivity index is 1.64. The molecule has 6 heteroatoms. The Morgan fingerprint density at radius 2 is 1.69 bits per heavy atom. The molecule has 0 saturated carbocycles. The van der Waals surface area contributed by atoms with Crippen LogP contribution in [0, 0.1) is 12.8 Å². The van der Waals surface area contributed by atoms with Gasteiger partial charge in [0.05, 0.1) is 0 Å². The molecule has 1 saturated heterocycles. The summed E-state index contributed by atoms with van der Waals surface area (Å²) in [5.41, 5.74) is 2.57. The standard InChI is InChI=1S/C23H28ClN3O2/c1-16(2)21(25-22(28)20-10-5-4-7-17(20)3)23(29)27-13-11-26(12-14-27)19-9-6-8-18(24)15-19/h4-10,15-16,21H,11-14H2,1-3H3,(H,25,28). The zero-order chi connectivity index (χ0) is 21.0. The van der Waals surface area contributed by atoms with Crippen molar-refractivity contribution in [3.05, 3.63) is 64.7 Å². The molecule has 2 aromatic carbocycles. The highest BCUT2D eigenvalue weighted by atomic mass is 35.5. The lowest BCUT2D eigenvalue weighted by molar-refractivity contribution is -0.134. The monoisotopic (exact) mass is 413 g/mol. The first-order chi connectivity index (χ1) is 13.9. The van der Waals surface area contributed by atoms with Crippen molar-refractivity contribution in [1.29, 1.82) is 0 Å². The summed E-state index contributed by atoms with van der Waals surface area (Å²) in [6.45, 7) is 8.54. The summed E-state index contributed by atoms with van der Waals surface area (Å²) in [6.07, 6.45) is 0. The van der Waals surface area contributed by atoms with Crippen LogP contribution < -0.4 is 10.2 Å². The summed E-state index contributed by atoms with van der Waals surface area (Å²) in [5.74, 6) is -0.221. The van der Waals surface area contributed by atoms with Gasteiger partial charge in [0.25, 0.3) is 5.91 Å². The van der Waals surface area contributed by atoms with Gasteiger partial charge in [0.15, 0.2) is 0 Å². The van der Waals surface area contributed by atoms with Gasteiger partial charge in [0.1, 0.15) is 6.04 Å². The maximum absolute atomic E-state index is 13.2. The molecule has 3 rings (SSSR count). The van der Waals surface area contributed by atoms with Crippen molar-refractivity contribution in [1.82, 2.24) is 10.2 Å². The molecular formula is C23H28ClN3O2. The number of nitrogens with one attached hydrogen (secondary N) is 1. The van der Waals surface area contributed by atoms with Crippen LogP contribution in [0.2, 0.25) is 5.02 Å². The normalized spacial score (nSPS) is 15.3. The predicted octanol–water partition coefficient (Wildman–Crippen LogP) is 3.75. The Hall–Kier alpha value is -2.53. The lowest BCUT2D eigenvalue weighted by Gasteiger charge is -2.38. The van der Waals surface area contributed by atoms with Gasteiger partial charge in [-0.1, -0.05) is 49.7 Å². The second kappa shape index (κ2) is 9.31. The second-order valence-electron chi connectivity index (χ2n) is 7.80. The molecule has 0 aliphatic carbocycles. The Bertz CT molecular complexity index is 876. The van der Waals surface area contributed by atoms with Crippen LogP contribution in [0.15, 0.2) is 48.5 Å². The van der Waals surface area contributed by atoms with Gasteiger partial charge < -0.3 is 15.1 Å². The minimum absolute atomic E-state index is 0.00132. The van der Waals surface area contributed by atoms with Gasteiger partial charge in [0.2, 0.25) is 5.91 Å². The van der Waals surface area contributed by atoms with E-state index in [9.17, 15) is 9.59 Å². The second-order valence-corrected chi connectivity index (χ2v) is 8.24. The summed E-state index contributed by atoms with van der Waals surface area (Å²) < 4.78 is 0. The molecule has 29 heavy (non-hydrogen) atoms. The van der Waals surface area contributed by atoms with Crippen LogP contribution >= 0.6 is 11.6 Å². The van der Waals surface area contributed by atoms with E-state index in [1.807, 2.05) is 68.1 Å². The highest BCUT2D eigenvalue weighted by Crippen LogP contribution is 2.21. The molecule has 1 heterocycles. The van der Waals surface area contributed by atoms with Gasteiger partial charge in [-0.15, -0.1) is 0 Å². The number of piperazine rings is 1. The van der Waals surface area contributed by atoms with Crippen molar-refractivity contribution in [3.8, 4) is 0 Å². The number of carbonyl (C=O) groups excluding carboxylic acids is 2. The highest BCUT2D eigenvalue weighted by molar-refractivity contribution is 6.30. The molecule has 5 nitrogen and oxygen atoms in total. The molecule has 1 unspecified atom stereocenters. The van der Waals surface area contributed by atoms with Crippen LogP contribution in [-0.4, -0.2) is 48.9 Å². The number of nitrogens with zero attached hydrogens (tertiary/aromatic N) is 2. The number of benzene rings is 2. The summed E-state index contributed by atoms with van der Waals surface area (Å²) in [7, 11) is 0. The van der Waals surface area contributed by atoms with Gasteiger partial charge in [-0.25, -0.2) is 0 Å². The molecule has 0 spiro atoms. The van der Waals surface area contributed by atoms with Crippen molar-refractivity contribution in [2.45, 2.75) is 26.8 Å². The molecule has 1 N–H and O–H groups in total. The molecule has 0 radical (unpaired) electrons. The number of rotatable bonds is 5. The topological polar surface area (TPSA) is 52.7 Å². The number of carbonyl (C=O) groups is 2. The third-order valence-electron chi connectivity index (χ3n) is 5.37. The Labute approximate surface area is 177 Å². The SMILES string of the molecule is Cc1ccccc1C(=O)NC(C(=O)N1CCN(c2cccc(Cl)c2)CC1)C(C)C. The fourth-order valence-corrected chi connectivity index (χ4v) is 3.80. The average Bonchev–Trinajstić information content (AvgIpc) is 2.71. The van der Waals surface area contributed by atoms with Gasteiger partial charge in [-0.05, 0) is 42.7 Å². The fraction of sp³-hybridized carbons (Fsp3) is 0.391. The van der Waals surface area contributed by atoms with Crippen molar-refractivity contribution >= 4 is 29.1 Å². The summed E-state index contributed by atoms with van der Waals surface area (Å²) in [6, 6.07) is 14.6. The number of hydrogen-bond acceptors (Lipinski definition) is 3. The van der Waals surface area contributed by atoms with Crippen LogP contribution in [-0.2, 0) is 4.79 Å². The van der Waals surface area contributed by atoms with E-state index >= 15 is 0 Å². The molecule has 1 aliphatic heterocycles. The number of anilines is 1. The van der Waals surface area contributed by atoms with E-state index in [1.54, 1.807) is 6.07 Å². The maximum Gasteiger partial charge on any atom is 0.252 e. The van der Waals surface area contributed by atoms with E-state index in [-0.39, 0.29) is 17.7 Å². The van der Waals surface area contributed by atoms with Crippen LogP contribution in [0.4, 0.5) is 5.69 Å². The van der Waals surface area contributed by atoms with Gasteiger partial charge in [-0.2, -0.15) is 0 Å². The van der Waals surface area contributed by atoms with E-state index in [1.165, 1.54) is 0 Å². The Morgan fingerprint density at radius 3 is 2.31 bits per heavy atom. The zero-order valence-corrected chi connectivity index (χ0v) is 17.9. The van der Waals surface area contributed by atoms with E-state index in [4.69, 9.17) is 11.6 Å². The summed E-state index contributed by atoms with van der Waals surface area (Å²) >= 11 is 6.10. The minimum Gasteiger partial charge on any atom is -0.368 e. The summed E-state index contributed by atoms with van der Waals surface area (Å²) in [4.78, 5) is 30.0. The number of halogens is 1. The quantitative estimate of drug-likeness (QED) is 0.812. The number of amides is 2. The first kappa shape index (κ1) is 21.2. The van der Waals surface area contributed by atoms with Gasteiger partial charge in [0, 0.05) is 42.5 Å². The van der Waals surface area contributed by atoms with Crippen LogP contribution in [0.3, 0.4) is 0 Å². The Kier molecular flexibility index (Phi) is 6.80. The van der Waals surface area contributed by atoms with Crippen LogP contribution in [0.5, 0.6) is 0 Å². The molecule has 1 aliphatic rings. The van der Waals surface area contributed by atoms with Gasteiger partial charge >= 0.3 is 0 Å². The lowest BCUT2D eigenvalue weighted by atomic mass is 10.0.